The van der Waals surface area contributed by atoms with Gasteiger partial charge >= 0.3 is 0 Å². The van der Waals surface area contributed by atoms with E-state index in [-0.39, 0.29) is 11.7 Å². The molecule has 3 rings (SSSR count). The molecule has 0 spiro atoms. The Bertz CT molecular complexity index is 525. The summed E-state index contributed by atoms with van der Waals surface area (Å²) in [6, 6.07) is 1.90. The van der Waals surface area contributed by atoms with Crippen molar-refractivity contribution in [2.24, 2.45) is 5.92 Å². The van der Waals surface area contributed by atoms with E-state index < -0.39 is 0 Å². The third-order valence-electron chi connectivity index (χ3n) is 4.17. The Morgan fingerprint density at radius 2 is 1.83 bits per heavy atom. The number of halogens is 2. The topological polar surface area (TPSA) is 26.3 Å². The highest BCUT2D eigenvalue weighted by Crippen LogP contribution is 2.51. The third kappa shape index (κ3) is 1.59. The minimum Gasteiger partial charge on any atom is -0.495 e. The maximum absolute atomic E-state index is 12.4. The SMILES string of the molecule is COc1cc2c(c(Cl)c1Cl)C(=O)[C@H]1CCCC[C@@H]21. The van der Waals surface area contributed by atoms with Crippen LogP contribution in [0.4, 0.5) is 0 Å². The van der Waals surface area contributed by atoms with Crippen molar-refractivity contribution >= 4 is 29.0 Å². The molecule has 1 aromatic rings. The summed E-state index contributed by atoms with van der Waals surface area (Å²) >= 11 is 12.4. The Balaban J connectivity index is 2.19. The van der Waals surface area contributed by atoms with Crippen molar-refractivity contribution < 1.29 is 9.53 Å². The molecule has 0 aromatic heterocycles. The number of methoxy groups -OCH3 is 1. The first-order valence-electron chi connectivity index (χ1n) is 6.25. The number of benzene rings is 1. The van der Waals surface area contributed by atoms with E-state index in [4.69, 9.17) is 27.9 Å². The minimum atomic E-state index is 0.106. The van der Waals surface area contributed by atoms with Crippen LogP contribution < -0.4 is 4.74 Å². The van der Waals surface area contributed by atoms with Crippen LogP contribution in [-0.4, -0.2) is 12.9 Å². The van der Waals surface area contributed by atoms with Gasteiger partial charge in [0.05, 0.1) is 12.1 Å². The fraction of sp³-hybridized carbons (Fsp3) is 0.500. The van der Waals surface area contributed by atoms with Crippen molar-refractivity contribution in [3.63, 3.8) is 0 Å². The van der Waals surface area contributed by atoms with Gasteiger partial charge in [-0.15, -0.1) is 0 Å². The Hall–Kier alpha value is -0.730. The summed E-state index contributed by atoms with van der Waals surface area (Å²) in [4.78, 5) is 12.4. The van der Waals surface area contributed by atoms with Gasteiger partial charge in [0.1, 0.15) is 10.8 Å². The Labute approximate surface area is 116 Å². The Morgan fingerprint density at radius 3 is 2.50 bits per heavy atom. The molecule has 1 fully saturated rings. The molecule has 2 atom stereocenters. The van der Waals surface area contributed by atoms with Crippen LogP contribution in [0.15, 0.2) is 6.07 Å². The summed E-state index contributed by atoms with van der Waals surface area (Å²) in [6.07, 6.45) is 4.33. The average Bonchev–Trinajstić information content (AvgIpc) is 2.68. The monoisotopic (exact) mass is 284 g/mol. The van der Waals surface area contributed by atoms with Gasteiger partial charge in [0.15, 0.2) is 5.78 Å². The summed E-state index contributed by atoms with van der Waals surface area (Å²) in [5, 5.41) is 0.718. The van der Waals surface area contributed by atoms with Crippen molar-refractivity contribution in [2.45, 2.75) is 31.6 Å². The Morgan fingerprint density at radius 1 is 1.17 bits per heavy atom. The number of ether oxygens (including phenoxy) is 1. The smallest absolute Gasteiger partial charge is 0.168 e. The zero-order valence-electron chi connectivity index (χ0n) is 10.1. The van der Waals surface area contributed by atoms with Gasteiger partial charge < -0.3 is 4.74 Å². The van der Waals surface area contributed by atoms with Gasteiger partial charge in [-0.3, -0.25) is 4.79 Å². The normalized spacial score (nSPS) is 25.8. The number of hydrogen-bond donors (Lipinski definition) is 0. The van der Waals surface area contributed by atoms with Gasteiger partial charge in [0.2, 0.25) is 0 Å². The number of hydrogen-bond acceptors (Lipinski definition) is 2. The van der Waals surface area contributed by atoms with Gasteiger partial charge in [0.25, 0.3) is 0 Å². The lowest BCUT2D eigenvalue weighted by molar-refractivity contribution is 0.0898. The maximum Gasteiger partial charge on any atom is 0.168 e. The van der Waals surface area contributed by atoms with E-state index in [9.17, 15) is 4.79 Å². The number of ketones is 1. The van der Waals surface area contributed by atoms with Crippen LogP contribution in [0.3, 0.4) is 0 Å². The molecule has 0 heterocycles. The molecule has 96 valence electrons. The number of carbonyl (C=O) groups is 1. The molecule has 4 heteroatoms. The third-order valence-corrected chi connectivity index (χ3v) is 5.02. The van der Waals surface area contributed by atoms with Crippen LogP contribution in [-0.2, 0) is 0 Å². The summed E-state index contributed by atoms with van der Waals surface area (Å²) in [6.45, 7) is 0. The van der Waals surface area contributed by atoms with E-state index in [0.717, 1.165) is 24.8 Å². The van der Waals surface area contributed by atoms with Crippen LogP contribution in [0.25, 0.3) is 0 Å². The van der Waals surface area contributed by atoms with E-state index >= 15 is 0 Å². The highest BCUT2D eigenvalue weighted by atomic mass is 35.5. The molecule has 2 aliphatic carbocycles. The molecule has 18 heavy (non-hydrogen) atoms. The van der Waals surface area contributed by atoms with Gasteiger partial charge in [-0.25, -0.2) is 0 Å². The zero-order valence-corrected chi connectivity index (χ0v) is 11.6. The van der Waals surface area contributed by atoms with E-state index in [1.807, 2.05) is 6.07 Å². The number of rotatable bonds is 1. The van der Waals surface area contributed by atoms with E-state index in [1.165, 1.54) is 6.42 Å². The predicted molar refractivity (Wildman–Crippen MR) is 72.0 cm³/mol. The maximum atomic E-state index is 12.4. The second kappa shape index (κ2) is 4.43. The number of carbonyl (C=O) groups excluding carboxylic acids is 1. The summed E-state index contributed by atoms with van der Waals surface area (Å²) in [5.74, 6) is 1.16. The minimum absolute atomic E-state index is 0.106. The molecule has 1 aromatic carbocycles. The number of fused-ring (bicyclic) bond motifs is 3. The second-order valence-electron chi connectivity index (χ2n) is 5.03. The lowest BCUT2D eigenvalue weighted by Gasteiger charge is -2.24. The largest absolute Gasteiger partial charge is 0.495 e. The molecule has 0 unspecified atom stereocenters. The molecule has 0 saturated heterocycles. The second-order valence-corrected chi connectivity index (χ2v) is 5.79. The first-order chi connectivity index (χ1) is 8.65. The molecule has 0 aliphatic heterocycles. The summed E-state index contributed by atoms with van der Waals surface area (Å²) < 4.78 is 5.24. The molecule has 1 saturated carbocycles. The van der Waals surface area contributed by atoms with Gasteiger partial charge in [-0.2, -0.15) is 0 Å². The van der Waals surface area contributed by atoms with E-state index in [0.29, 0.717) is 27.3 Å². The van der Waals surface area contributed by atoms with Gasteiger partial charge in [-0.05, 0) is 30.4 Å². The van der Waals surface area contributed by atoms with Crippen molar-refractivity contribution in [3.05, 3.63) is 27.2 Å². The lowest BCUT2D eigenvalue weighted by Crippen LogP contribution is -2.17. The van der Waals surface area contributed by atoms with Gasteiger partial charge in [-0.1, -0.05) is 36.0 Å². The van der Waals surface area contributed by atoms with Crippen LogP contribution in [0.2, 0.25) is 10.0 Å². The predicted octanol–water partition coefficient (Wildman–Crippen LogP) is 4.47. The highest BCUT2D eigenvalue weighted by Gasteiger charge is 2.43. The quantitative estimate of drug-likeness (QED) is 0.760. The van der Waals surface area contributed by atoms with Crippen LogP contribution >= 0.6 is 23.2 Å². The fourth-order valence-corrected chi connectivity index (χ4v) is 3.84. The number of Topliss-reactive ketones (excluding diaryl/α,β-unsaturated/α-hetero) is 1. The standard InChI is InChI=1S/C14H14Cl2O2/c1-18-10-6-9-7-4-2-3-5-8(7)14(17)11(9)13(16)12(10)15/h6-8H,2-5H2,1H3/t7-,8+/m1/s1. The highest BCUT2D eigenvalue weighted by molar-refractivity contribution is 6.45. The molecular formula is C14H14Cl2O2. The van der Waals surface area contributed by atoms with Crippen molar-refractivity contribution in [1.29, 1.82) is 0 Å². The van der Waals surface area contributed by atoms with Gasteiger partial charge in [0, 0.05) is 11.5 Å². The summed E-state index contributed by atoms with van der Waals surface area (Å²) in [7, 11) is 1.57. The zero-order chi connectivity index (χ0) is 12.9. The lowest BCUT2D eigenvalue weighted by atomic mass is 9.79. The molecule has 0 bridgehead atoms. The van der Waals surface area contributed by atoms with Crippen molar-refractivity contribution in [1.82, 2.24) is 0 Å². The van der Waals surface area contributed by atoms with Crippen LogP contribution in [0, 0.1) is 5.92 Å². The van der Waals surface area contributed by atoms with E-state index in [2.05, 4.69) is 0 Å². The van der Waals surface area contributed by atoms with Crippen molar-refractivity contribution in [3.8, 4) is 5.75 Å². The molecule has 2 nitrogen and oxygen atoms in total. The summed E-state index contributed by atoms with van der Waals surface area (Å²) in [5.41, 5.74) is 1.68. The molecule has 0 N–H and O–H groups in total. The first kappa shape index (κ1) is 12.3. The fourth-order valence-electron chi connectivity index (χ4n) is 3.32. The molecular weight excluding hydrogens is 271 g/mol. The van der Waals surface area contributed by atoms with Crippen LogP contribution in [0.5, 0.6) is 5.75 Å². The van der Waals surface area contributed by atoms with E-state index in [1.54, 1.807) is 7.11 Å². The molecule has 0 amide bonds. The average molecular weight is 285 g/mol. The first-order valence-corrected chi connectivity index (χ1v) is 7.00. The molecule has 2 aliphatic rings. The van der Waals surface area contributed by atoms with Crippen LogP contribution in [0.1, 0.15) is 47.5 Å². The Kier molecular flexibility index (Phi) is 3.03. The molecule has 0 radical (unpaired) electrons. The van der Waals surface area contributed by atoms with Crippen molar-refractivity contribution in [2.75, 3.05) is 7.11 Å².